The van der Waals surface area contributed by atoms with Crippen LogP contribution in [-0.2, 0) is 4.79 Å². The van der Waals surface area contributed by atoms with Gasteiger partial charge in [0.2, 0.25) is 5.91 Å². The number of hydrogen-bond acceptors (Lipinski definition) is 3. The van der Waals surface area contributed by atoms with Gasteiger partial charge in [0, 0.05) is 17.5 Å². The standard InChI is InChI=1S/C8H10N2OS/c11-7(6-2-1-3-6)10-8-9-4-5-12-8/h4-6H,1-3H2,(H,9,10,11). The highest BCUT2D eigenvalue weighted by Crippen LogP contribution is 2.27. The lowest BCUT2D eigenvalue weighted by Gasteiger charge is -2.23. The monoisotopic (exact) mass is 182 g/mol. The molecule has 12 heavy (non-hydrogen) atoms. The summed E-state index contributed by atoms with van der Waals surface area (Å²) in [5, 5.41) is 5.36. The first kappa shape index (κ1) is 7.73. The van der Waals surface area contributed by atoms with Crippen LogP contribution in [0, 0.1) is 5.92 Å². The fourth-order valence-corrected chi connectivity index (χ4v) is 1.69. The summed E-state index contributed by atoms with van der Waals surface area (Å²) in [6.45, 7) is 0. The molecule has 1 aromatic rings. The zero-order valence-electron chi connectivity index (χ0n) is 6.62. The highest BCUT2D eigenvalue weighted by molar-refractivity contribution is 7.13. The quantitative estimate of drug-likeness (QED) is 0.758. The molecule has 1 heterocycles. The summed E-state index contributed by atoms with van der Waals surface area (Å²) in [6, 6.07) is 0. The van der Waals surface area contributed by atoms with E-state index in [9.17, 15) is 4.79 Å². The van der Waals surface area contributed by atoms with Gasteiger partial charge in [0.25, 0.3) is 0 Å². The van der Waals surface area contributed by atoms with E-state index >= 15 is 0 Å². The largest absolute Gasteiger partial charge is 0.302 e. The molecule has 0 spiro atoms. The summed E-state index contributed by atoms with van der Waals surface area (Å²) >= 11 is 1.46. The van der Waals surface area contributed by atoms with Crippen LogP contribution in [-0.4, -0.2) is 10.9 Å². The van der Waals surface area contributed by atoms with E-state index in [4.69, 9.17) is 0 Å². The molecule has 1 aromatic heterocycles. The highest BCUT2D eigenvalue weighted by atomic mass is 32.1. The fraction of sp³-hybridized carbons (Fsp3) is 0.500. The number of carbonyl (C=O) groups is 1. The Balaban J connectivity index is 1.90. The molecular formula is C8H10N2OS. The normalized spacial score (nSPS) is 17.0. The number of amides is 1. The van der Waals surface area contributed by atoms with Crippen LogP contribution in [0.1, 0.15) is 19.3 Å². The van der Waals surface area contributed by atoms with Gasteiger partial charge in [-0.2, -0.15) is 0 Å². The second-order valence-electron chi connectivity index (χ2n) is 2.95. The minimum atomic E-state index is 0.135. The van der Waals surface area contributed by atoms with Gasteiger partial charge in [-0.1, -0.05) is 6.42 Å². The maximum atomic E-state index is 11.3. The second-order valence-corrected chi connectivity index (χ2v) is 3.85. The molecule has 1 saturated carbocycles. The topological polar surface area (TPSA) is 42.0 Å². The van der Waals surface area contributed by atoms with Crippen LogP contribution in [0.5, 0.6) is 0 Å². The number of aromatic nitrogens is 1. The Morgan fingerprint density at radius 3 is 3.00 bits per heavy atom. The second kappa shape index (κ2) is 3.23. The van der Waals surface area contributed by atoms with E-state index in [1.54, 1.807) is 6.20 Å². The van der Waals surface area contributed by atoms with E-state index in [2.05, 4.69) is 10.3 Å². The van der Waals surface area contributed by atoms with Crippen molar-refractivity contribution in [3.63, 3.8) is 0 Å². The Labute approximate surface area is 74.8 Å². The minimum Gasteiger partial charge on any atom is -0.302 e. The van der Waals surface area contributed by atoms with Crippen molar-refractivity contribution >= 4 is 22.4 Å². The first-order valence-electron chi connectivity index (χ1n) is 4.06. The Morgan fingerprint density at radius 1 is 1.67 bits per heavy atom. The Hall–Kier alpha value is -0.900. The van der Waals surface area contributed by atoms with E-state index in [1.165, 1.54) is 17.8 Å². The van der Waals surface area contributed by atoms with Crippen LogP contribution in [0.3, 0.4) is 0 Å². The van der Waals surface area contributed by atoms with Crippen molar-refractivity contribution in [1.82, 2.24) is 4.98 Å². The van der Waals surface area contributed by atoms with Crippen molar-refractivity contribution in [2.24, 2.45) is 5.92 Å². The van der Waals surface area contributed by atoms with Gasteiger partial charge in [-0.15, -0.1) is 11.3 Å². The zero-order valence-corrected chi connectivity index (χ0v) is 7.43. The van der Waals surface area contributed by atoms with Gasteiger partial charge in [-0.3, -0.25) is 4.79 Å². The molecule has 1 fully saturated rings. The van der Waals surface area contributed by atoms with Crippen LogP contribution in [0.4, 0.5) is 5.13 Å². The summed E-state index contributed by atoms with van der Waals surface area (Å²) in [6.07, 6.45) is 4.96. The Bertz CT molecular complexity index is 267. The Morgan fingerprint density at radius 2 is 2.50 bits per heavy atom. The summed E-state index contributed by atoms with van der Waals surface area (Å²) in [5.74, 6) is 0.380. The molecule has 1 N–H and O–H groups in total. The third kappa shape index (κ3) is 1.48. The summed E-state index contributed by atoms with van der Waals surface area (Å²) in [7, 11) is 0. The molecule has 0 aromatic carbocycles. The van der Waals surface area contributed by atoms with Crippen LogP contribution in [0.2, 0.25) is 0 Å². The van der Waals surface area contributed by atoms with Gasteiger partial charge >= 0.3 is 0 Å². The molecule has 0 radical (unpaired) electrons. The summed E-state index contributed by atoms with van der Waals surface area (Å²) in [5.41, 5.74) is 0. The molecule has 0 atom stereocenters. The molecule has 1 aliphatic rings. The first-order chi connectivity index (χ1) is 5.86. The maximum absolute atomic E-state index is 11.3. The molecule has 2 rings (SSSR count). The highest BCUT2D eigenvalue weighted by Gasteiger charge is 2.25. The van der Waals surface area contributed by atoms with E-state index < -0.39 is 0 Å². The minimum absolute atomic E-state index is 0.135. The molecule has 1 aliphatic carbocycles. The van der Waals surface area contributed by atoms with Crippen LogP contribution in [0.25, 0.3) is 0 Å². The summed E-state index contributed by atoms with van der Waals surface area (Å²) in [4.78, 5) is 15.3. The average Bonchev–Trinajstić information content (AvgIpc) is 2.34. The van der Waals surface area contributed by atoms with Crippen molar-refractivity contribution in [3.8, 4) is 0 Å². The number of nitrogens with one attached hydrogen (secondary N) is 1. The average molecular weight is 182 g/mol. The predicted octanol–water partition coefficient (Wildman–Crippen LogP) is 1.88. The molecule has 4 heteroatoms. The van der Waals surface area contributed by atoms with Gasteiger partial charge < -0.3 is 5.32 Å². The van der Waals surface area contributed by atoms with E-state index in [0.717, 1.165) is 12.8 Å². The molecule has 0 unspecified atom stereocenters. The summed E-state index contributed by atoms with van der Waals surface area (Å²) < 4.78 is 0. The van der Waals surface area contributed by atoms with E-state index in [0.29, 0.717) is 5.13 Å². The third-order valence-electron chi connectivity index (χ3n) is 2.14. The SMILES string of the molecule is O=C(Nc1nccs1)C1CCC1. The van der Waals surface area contributed by atoms with Gasteiger partial charge in [0.05, 0.1) is 0 Å². The van der Waals surface area contributed by atoms with Crippen LogP contribution >= 0.6 is 11.3 Å². The van der Waals surface area contributed by atoms with Crippen molar-refractivity contribution in [2.75, 3.05) is 5.32 Å². The molecule has 0 aliphatic heterocycles. The fourth-order valence-electron chi connectivity index (χ4n) is 1.16. The zero-order chi connectivity index (χ0) is 8.39. The van der Waals surface area contributed by atoms with Gasteiger partial charge in [0.15, 0.2) is 5.13 Å². The van der Waals surface area contributed by atoms with Crippen molar-refractivity contribution in [2.45, 2.75) is 19.3 Å². The molecule has 3 nitrogen and oxygen atoms in total. The number of carbonyl (C=O) groups excluding carboxylic acids is 1. The van der Waals surface area contributed by atoms with Crippen LogP contribution in [0.15, 0.2) is 11.6 Å². The number of nitrogens with zero attached hydrogens (tertiary/aromatic N) is 1. The predicted molar refractivity (Wildman–Crippen MR) is 48.1 cm³/mol. The number of hydrogen-bond donors (Lipinski definition) is 1. The lowest BCUT2D eigenvalue weighted by Crippen LogP contribution is -2.27. The molecule has 0 saturated heterocycles. The van der Waals surface area contributed by atoms with E-state index in [-0.39, 0.29) is 11.8 Å². The number of rotatable bonds is 2. The Kier molecular flexibility index (Phi) is 2.08. The van der Waals surface area contributed by atoms with Crippen molar-refractivity contribution < 1.29 is 4.79 Å². The number of anilines is 1. The number of thiazole rings is 1. The smallest absolute Gasteiger partial charge is 0.229 e. The maximum Gasteiger partial charge on any atom is 0.229 e. The van der Waals surface area contributed by atoms with Gasteiger partial charge in [0.1, 0.15) is 0 Å². The van der Waals surface area contributed by atoms with Gasteiger partial charge in [-0.25, -0.2) is 4.98 Å². The first-order valence-corrected chi connectivity index (χ1v) is 4.94. The lowest BCUT2D eigenvalue weighted by atomic mass is 9.85. The van der Waals surface area contributed by atoms with Crippen molar-refractivity contribution in [3.05, 3.63) is 11.6 Å². The van der Waals surface area contributed by atoms with Crippen LogP contribution < -0.4 is 5.32 Å². The van der Waals surface area contributed by atoms with E-state index in [1.807, 2.05) is 5.38 Å². The molecule has 1 amide bonds. The molecule has 64 valence electrons. The van der Waals surface area contributed by atoms with Gasteiger partial charge in [-0.05, 0) is 12.8 Å². The lowest BCUT2D eigenvalue weighted by molar-refractivity contribution is -0.122. The third-order valence-corrected chi connectivity index (χ3v) is 2.83. The van der Waals surface area contributed by atoms with Crippen molar-refractivity contribution in [1.29, 1.82) is 0 Å². The molecule has 0 bridgehead atoms. The molecular weight excluding hydrogens is 172 g/mol.